The Labute approximate surface area is 129 Å². The van der Waals surface area contributed by atoms with Gasteiger partial charge >= 0.3 is 0 Å². The molecule has 0 saturated heterocycles. The normalized spacial score (nSPS) is 10.0. The number of carbonyl (C=O) groups excluding carboxylic acids is 1. The molecule has 0 atom stereocenters. The summed E-state index contributed by atoms with van der Waals surface area (Å²) in [5.41, 5.74) is 2.01. The van der Waals surface area contributed by atoms with E-state index in [1.54, 1.807) is 57.7 Å². The average molecular weight is 301 g/mol. The number of rotatable bonds is 5. The summed E-state index contributed by atoms with van der Waals surface area (Å²) in [6, 6.07) is 10.5. The van der Waals surface area contributed by atoms with E-state index in [0.717, 1.165) is 11.3 Å². The van der Waals surface area contributed by atoms with Crippen LogP contribution >= 0.6 is 0 Å². The van der Waals surface area contributed by atoms with E-state index in [9.17, 15) is 4.79 Å². The second kappa shape index (κ2) is 6.85. The number of hydrogen-bond acceptors (Lipinski definition) is 4. The van der Waals surface area contributed by atoms with Crippen molar-refractivity contribution in [2.75, 3.05) is 26.6 Å². The number of methoxy groups -OCH3 is 3. The molecule has 0 bridgehead atoms. The SMILES string of the molecule is COc1ccc(NC(=O)c2cc(OC)c(C)c(OC)c2)cc1. The summed E-state index contributed by atoms with van der Waals surface area (Å²) >= 11 is 0. The van der Waals surface area contributed by atoms with Gasteiger partial charge in [-0.15, -0.1) is 0 Å². The Bertz CT molecular complexity index is 640. The average Bonchev–Trinajstić information content (AvgIpc) is 2.55. The van der Waals surface area contributed by atoms with Crippen LogP contribution in [-0.2, 0) is 0 Å². The minimum absolute atomic E-state index is 0.234. The fourth-order valence-corrected chi connectivity index (χ4v) is 2.09. The number of hydrogen-bond donors (Lipinski definition) is 1. The Hall–Kier alpha value is -2.69. The third kappa shape index (κ3) is 3.31. The molecule has 116 valence electrons. The van der Waals surface area contributed by atoms with Gasteiger partial charge in [-0.2, -0.15) is 0 Å². The van der Waals surface area contributed by atoms with Crippen molar-refractivity contribution in [2.24, 2.45) is 0 Å². The molecule has 2 rings (SSSR count). The quantitative estimate of drug-likeness (QED) is 0.921. The highest BCUT2D eigenvalue weighted by atomic mass is 16.5. The molecule has 0 radical (unpaired) electrons. The molecule has 0 aliphatic rings. The van der Waals surface area contributed by atoms with Gasteiger partial charge in [0, 0.05) is 16.8 Å². The van der Waals surface area contributed by atoms with Crippen LogP contribution in [0.1, 0.15) is 15.9 Å². The predicted octanol–water partition coefficient (Wildman–Crippen LogP) is 3.27. The van der Waals surface area contributed by atoms with Crippen LogP contribution in [0.5, 0.6) is 17.2 Å². The van der Waals surface area contributed by atoms with Crippen LogP contribution in [-0.4, -0.2) is 27.2 Å². The molecular formula is C17H19NO4. The van der Waals surface area contributed by atoms with Gasteiger partial charge in [-0.05, 0) is 43.3 Å². The molecule has 2 aromatic carbocycles. The van der Waals surface area contributed by atoms with E-state index in [0.29, 0.717) is 22.7 Å². The van der Waals surface area contributed by atoms with Crippen molar-refractivity contribution in [3.63, 3.8) is 0 Å². The monoisotopic (exact) mass is 301 g/mol. The molecule has 0 spiro atoms. The third-order valence-corrected chi connectivity index (χ3v) is 3.36. The minimum atomic E-state index is -0.234. The van der Waals surface area contributed by atoms with E-state index < -0.39 is 0 Å². The molecule has 1 amide bonds. The topological polar surface area (TPSA) is 56.8 Å². The number of ether oxygens (including phenoxy) is 3. The number of anilines is 1. The van der Waals surface area contributed by atoms with Crippen molar-refractivity contribution in [1.82, 2.24) is 0 Å². The van der Waals surface area contributed by atoms with E-state index in [4.69, 9.17) is 14.2 Å². The number of benzene rings is 2. The Morgan fingerprint density at radius 3 is 1.91 bits per heavy atom. The van der Waals surface area contributed by atoms with Gasteiger partial charge in [-0.25, -0.2) is 0 Å². The van der Waals surface area contributed by atoms with Gasteiger partial charge in [0.05, 0.1) is 21.3 Å². The lowest BCUT2D eigenvalue weighted by Gasteiger charge is -2.13. The van der Waals surface area contributed by atoms with Crippen LogP contribution < -0.4 is 19.5 Å². The lowest BCUT2D eigenvalue weighted by atomic mass is 10.1. The molecule has 0 aliphatic carbocycles. The van der Waals surface area contributed by atoms with Crippen LogP contribution in [0, 0.1) is 6.92 Å². The first-order valence-electron chi connectivity index (χ1n) is 6.77. The first-order chi connectivity index (χ1) is 10.6. The van der Waals surface area contributed by atoms with E-state index in [2.05, 4.69) is 5.32 Å². The summed E-state index contributed by atoms with van der Waals surface area (Å²) in [5, 5.41) is 2.83. The van der Waals surface area contributed by atoms with Gasteiger partial charge in [0.25, 0.3) is 5.91 Å². The molecule has 0 saturated carbocycles. The van der Waals surface area contributed by atoms with Crippen molar-refractivity contribution in [3.8, 4) is 17.2 Å². The van der Waals surface area contributed by atoms with Crippen LogP contribution in [0.4, 0.5) is 5.69 Å². The fourth-order valence-electron chi connectivity index (χ4n) is 2.09. The Morgan fingerprint density at radius 2 is 1.45 bits per heavy atom. The van der Waals surface area contributed by atoms with E-state index in [1.807, 2.05) is 6.92 Å². The Balaban J connectivity index is 2.24. The van der Waals surface area contributed by atoms with Gasteiger partial charge in [0.15, 0.2) is 0 Å². The molecule has 5 nitrogen and oxygen atoms in total. The summed E-state index contributed by atoms with van der Waals surface area (Å²) in [4.78, 5) is 12.4. The molecule has 1 N–H and O–H groups in total. The highest BCUT2D eigenvalue weighted by Crippen LogP contribution is 2.29. The van der Waals surface area contributed by atoms with E-state index in [-0.39, 0.29) is 5.91 Å². The summed E-state index contributed by atoms with van der Waals surface area (Å²) < 4.78 is 15.7. The lowest BCUT2D eigenvalue weighted by Crippen LogP contribution is -2.12. The zero-order valence-corrected chi connectivity index (χ0v) is 13.1. The second-order valence-corrected chi connectivity index (χ2v) is 4.69. The van der Waals surface area contributed by atoms with Crippen molar-refractivity contribution in [2.45, 2.75) is 6.92 Å². The summed E-state index contributed by atoms with van der Waals surface area (Å²) in [6.07, 6.45) is 0. The second-order valence-electron chi connectivity index (χ2n) is 4.69. The number of carbonyl (C=O) groups is 1. The maximum absolute atomic E-state index is 12.4. The highest BCUT2D eigenvalue weighted by molar-refractivity contribution is 6.05. The lowest BCUT2D eigenvalue weighted by molar-refractivity contribution is 0.102. The summed E-state index contributed by atoms with van der Waals surface area (Å²) in [7, 11) is 4.72. The molecule has 2 aromatic rings. The summed E-state index contributed by atoms with van der Waals surface area (Å²) in [6.45, 7) is 1.88. The van der Waals surface area contributed by atoms with Crippen LogP contribution in [0.3, 0.4) is 0 Å². The smallest absolute Gasteiger partial charge is 0.255 e. The van der Waals surface area contributed by atoms with Gasteiger partial charge < -0.3 is 19.5 Å². The summed E-state index contributed by atoms with van der Waals surface area (Å²) in [5.74, 6) is 1.72. The Morgan fingerprint density at radius 1 is 0.909 bits per heavy atom. The van der Waals surface area contributed by atoms with Gasteiger partial charge in [-0.3, -0.25) is 4.79 Å². The standard InChI is InChI=1S/C17H19NO4/c1-11-15(21-3)9-12(10-16(11)22-4)17(19)18-13-5-7-14(20-2)8-6-13/h5-10H,1-4H3,(H,18,19). The zero-order chi connectivity index (χ0) is 16.1. The zero-order valence-electron chi connectivity index (χ0n) is 13.1. The van der Waals surface area contributed by atoms with Gasteiger partial charge in [0.2, 0.25) is 0 Å². The number of nitrogens with one attached hydrogen (secondary N) is 1. The molecule has 0 heterocycles. The molecular weight excluding hydrogens is 282 g/mol. The largest absolute Gasteiger partial charge is 0.497 e. The molecule has 5 heteroatoms. The first kappa shape index (κ1) is 15.7. The van der Waals surface area contributed by atoms with Crippen LogP contribution in [0.25, 0.3) is 0 Å². The highest BCUT2D eigenvalue weighted by Gasteiger charge is 2.13. The predicted molar refractivity (Wildman–Crippen MR) is 85.2 cm³/mol. The van der Waals surface area contributed by atoms with Crippen molar-refractivity contribution in [1.29, 1.82) is 0 Å². The van der Waals surface area contributed by atoms with Gasteiger partial charge in [-0.1, -0.05) is 0 Å². The van der Waals surface area contributed by atoms with Crippen molar-refractivity contribution in [3.05, 3.63) is 47.5 Å². The van der Waals surface area contributed by atoms with Gasteiger partial charge in [0.1, 0.15) is 17.2 Å². The maximum Gasteiger partial charge on any atom is 0.255 e. The molecule has 0 fully saturated rings. The van der Waals surface area contributed by atoms with Crippen molar-refractivity contribution >= 4 is 11.6 Å². The molecule has 0 aliphatic heterocycles. The van der Waals surface area contributed by atoms with Crippen LogP contribution in [0.15, 0.2) is 36.4 Å². The number of amides is 1. The minimum Gasteiger partial charge on any atom is -0.497 e. The molecule has 22 heavy (non-hydrogen) atoms. The maximum atomic E-state index is 12.4. The van der Waals surface area contributed by atoms with E-state index >= 15 is 0 Å². The molecule has 0 aromatic heterocycles. The van der Waals surface area contributed by atoms with Crippen LogP contribution in [0.2, 0.25) is 0 Å². The fraction of sp³-hybridized carbons (Fsp3) is 0.235. The van der Waals surface area contributed by atoms with E-state index in [1.165, 1.54) is 0 Å². The molecule has 0 unspecified atom stereocenters. The third-order valence-electron chi connectivity index (χ3n) is 3.36. The first-order valence-corrected chi connectivity index (χ1v) is 6.77. The Kier molecular flexibility index (Phi) is 4.88. The van der Waals surface area contributed by atoms with Crippen molar-refractivity contribution < 1.29 is 19.0 Å².